The summed E-state index contributed by atoms with van der Waals surface area (Å²) in [5.41, 5.74) is 1.67. The highest BCUT2D eigenvalue weighted by molar-refractivity contribution is 8.14. The molecule has 1 unspecified atom stereocenters. The minimum atomic E-state index is 0.0128. The monoisotopic (exact) mass is 317 g/mol. The average molecular weight is 318 g/mol. The molecule has 0 radical (unpaired) electrons. The van der Waals surface area contributed by atoms with Gasteiger partial charge >= 0.3 is 0 Å². The predicted octanol–water partition coefficient (Wildman–Crippen LogP) is 3.69. The molecule has 0 aliphatic carbocycles. The number of benzene rings is 1. The van der Waals surface area contributed by atoms with E-state index in [4.69, 9.17) is 23.2 Å². The van der Waals surface area contributed by atoms with Crippen LogP contribution in [0, 0.1) is 6.92 Å². The maximum atomic E-state index is 12.0. The Morgan fingerprint density at radius 1 is 1.37 bits per heavy atom. The molecule has 1 saturated heterocycles. The molecule has 1 heterocycles. The van der Waals surface area contributed by atoms with Crippen molar-refractivity contribution in [2.24, 2.45) is 0 Å². The van der Waals surface area contributed by atoms with Crippen molar-refractivity contribution in [2.75, 3.05) is 11.4 Å². The highest BCUT2D eigenvalue weighted by atomic mass is 35.5. The van der Waals surface area contributed by atoms with Crippen molar-refractivity contribution in [3.8, 4) is 0 Å². The van der Waals surface area contributed by atoms with Crippen molar-refractivity contribution < 1.29 is 9.59 Å². The molecule has 0 saturated carbocycles. The van der Waals surface area contributed by atoms with E-state index in [2.05, 4.69) is 0 Å². The molecule has 102 valence electrons. The summed E-state index contributed by atoms with van der Waals surface area (Å²) in [6.07, 6.45) is 0.379. The molecule has 1 amide bonds. The van der Waals surface area contributed by atoms with Crippen LogP contribution in [0.1, 0.15) is 18.9 Å². The van der Waals surface area contributed by atoms with E-state index in [1.54, 1.807) is 17.0 Å². The van der Waals surface area contributed by atoms with Crippen molar-refractivity contribution in [3.63, 3.8) is 0 Å². The van der Waals surface area contributed by atoms with Crippen LogP contribution in [0.5, 0.6) is 0 Å². The summed E-state index contributed by atoms with van der Waals surface area (Å²) in [6.45, 7) is 3.93. The van der Waals surface area contributed by atoms with Gasteiger partial charge in [0.25, 0.3) is 0 Å². The smallest absolute Gasteiger partial charge is 0.228 e. The molecule has 0 bridgehead atoms. The van der Waals surface area contributed by atoms with Gasteiger partial charge in [-0.15, -0.1) is 0 Å². The number of anilines is 1. The Morgan fingerprint density at radius 2 is 2.00 bits per heavy atom. The van der Waals surface area contributed by atoms with Crippen molar-refractivity contribution in [1.29, 1.82) is 0 Å². The van der Waals surface area contributed by atoms with E-state index < -0.39 is 0 Å². The van der Waals surface area contributed by atoms with Crippen LogP contribution in [-0.4, -0.2) is 22.8 Å². The van der Waals surface area contributed by atoms with Crippen LogP contribution in [0.2, 0.25) is 10.0 Å². The second kappa shape index (κ2) is 5.73. The van der Waals surface area contributed by atoms with Crippen LogP contribution in [0.15, 0.2) is 12.1 Å². The van der Waals surface area contributed by atoms with Gasteiger partial charge in [-0.3, -0.25) is 9.59 Å². The number of thioether (sulfide) groups is 1. The molecule has 0 spiro atoms. The van der Waals surface area contributed by atoms with E-state index in [0.717, 1.165) is 11.3 Å². The van der Waals surface area contributed by atoms with Gasteiger partial charge < -0.3 is 4.90 Å². The van der Waals surface area contributed by atoms with Crippen LogP contribution in [0.25, 0.3) is 0 Å². The number of aryl methyl sites for hydroxylation is 1. The molecular formula is C13H13Cl2NO2S. The zero-order chi connectivity index (χ0) is 14.2. The second-order valence-corrected chi connectivity index (χ2v) is 6.78. The lowest BCUT2D eigenvalue weighted by Gasteiger charge is -2.19. The van der Waals surface area contributed by atoms with Crippen molar-refractivity contribution in [1.82, 2.24) is 0 Å². The Kier molecular flexibility index (Phi) is 4.43. The molecule has 19 heavy (non-hydrogen) atoms. The van der Waals surface area contributed by atoms with Crippen LogP contribution in [0.3, 0.4) is 0 Å². The van der Waals surface area contributed by atoms with Gasteiger partial charge in [0, 0.05) is 30.8 Å². The summed E-state index contributed by atoms with van der Waals surface area (Å²) < 4.78 is 0. The first-order chi connectivity index (χ1) is 8.88. The molecule has 3 nitrogen and oxygen atoms in total. The van der Waals surface area contributed by atoms with Gasteiger partial charge in [-0.05, 0) is 24.6 Å². The summed E-state index contributed by atoms with van der Waals surface area (Å²) in [7, 11) is 0. The Hall–Kier alpha value is -0.710. The van der Waals surface area contributed by atoms with E-state index >= 15 is 0 Å². The first kappa shape index (κ1) is 14.7. The van der Waals surface area contributed by atoms with Crippen LogP contribution in [-0.2, 0) is 9.59 Å². The van der Waals surface area contributed by atoms with Gasteiger partial charge in [0.1, 0.15) is 0 Å². The summed E-state index contributed by atoms with van der Waals surface area (Å²) in [6, 6.07) is 3.45. The topological polar surface area (TPSA) is 37.4 Å². The fraction of sp³-hybridized carbons (Fsp3) is 0.385. The van der Waals surface area contributed by atoms with Gasteiger partial charge in [-0.25, -0.2) is 0 Å². The zero-order valence-electron chi connectivity index (χ0n) is 10.6. The normalized spacial score (nSPS) is 19.1. The Morgan fingerprint density at radius 3 is 2.63 bits per heavy atom. The van der Waals surface area contributed by atoms with Crippen molar-refractivity contribution >= 4 is 51.7 Å². The molecular weight excluding hydrogens is 305 g/mol. The maximum Gasteiger partial charge on any atom is 0.228 e. The Balaban J connectivity index is 2.25. The van der Waals surface area contributed by atoms with Crippen LogP contribution >= 0.6 is 35.0 Å². The SMILES string of the molecule is CC(=O)SC1CC(=O)N(c2cc(Cl)c(Cl)cc2C)C1. The Labute approximate surface area is 126 Å². The lowest BCUT2D eigenvalue weighted by Crippen LogP contribution is -2.25. The highest BCUT2D eigenvalue weighted by Crippen LogP contribution is 2.35. The number of nitrogens with zero attached hydrogens (tertiary/aromatic N) is 1. The average Bonchev–Trinajstić information content (AvgIpc) is 2.63. The van der Waals surface area contributed by atoms with Crippen LogP contribution < -0.4 is 4.90 Å². The van der Waals surface area contributed by atoms with E-state index in [0.29, 0.717) is 23.0 Å². The fourth-order valence-electron chi connectivity index (χ4n) is 2.15. The van der Waals surface area contributed by atoms with Crippen molar-refractivity contribution in [2.45, 2.75) is 25.5 Å². The zero-order valence-corrected chi connectivity index (χ0v) is 12.9. The third-order valence-corrected chi connectivity index (χ3v) is 4.65. The van der Waals surface area contributed by atoms with E-state index in [1.807, 2.05) is 6.92 Å². The molecule has 1 aromatic carbocycles. The number of hydrogen-bond donors (Lipinski definition) is 0. The lowest BCUT2D eigenvalue weighted by molar-refractivity contribution is -0.117. The molecule has 1 aliphatic rings. The van der Waals surface area contributed by atoms with Crippen LogP contribution in [0.4, 0.5) is 5.69 Å². The number of amides is 1. The fourth-order valence-corrected chi connectivity index (χ4v) is 3.44. The van der Waals surface area contributed by atoms with Gasteiger partial charge in [0.05, 0.1) is 10.0 Å². The number of halogens is 2. The molecule has 1 fully saturated rings. The molecule has 1 aliphatic heterocycles. The first-order valence-electron chi connectivity index (χ1n) is 5.81. The standard InChI is InChI=1S/C13H13Cl2NO2S/c1-7-3-10(14)11(15)5-12(7)16-6-9(4-13(16)18)19-8(2)17/h3,5,9H,4,6H2,1-2H3. The van der Waals surface area contributed by atoms with Gasteiger partial charge in [0.15, 0.2) is 5.12 Å². The highest BCUT2D eigenvalue weighted by Gasteiger charge is 2.32. The second-order valence-electron chi connectivity index (χ2n) is 4.49. The van der Waals surface area contributed by atoms with Crippen molar-refractivity contribution in [3.05, 3.63) is 27.7 Å². The summed E-state index contributed by atoms with van der Waals surface area (Å²) in [5, 5.41) is 0.950. The molecule has 1 aromatic rings. The number of rotatable bonds is 2. The third-order valence-electron chi connectivity index (χ3n) is 2.95. The minimum Gasteiger partial charge on any atom is -0.311 e. The molecule has 0 N–H and O–H groups in total. The summed E-state index contributed by atoms with van der Waals surface area (Å²) >= 11 is 13.2. The van der Waals surface area contributed by atoms with E-state index in [9.17, 15) is 9.59 Å². The molecule has 2 rings (SSSR count). The summed E-state index contributed by atoms with van der Waals surface area (Å²) in [4.78, 5) is 24.8. The van der Waals surface area contributed by atoms with Gasteiger partial charge in [0.2, 0.25) is 5.91 Å². The van der Waals surface area contributed by atoms with E-state index in [1.165, 1.54) is 18.7 Å². The first-order valence-corrected chi connectivity index (χ1v) is 7.45. The minimum absolute atomic E-state index is 0.0128. The predicted molar refractivity (Wildman–Crippen MR) is 80.2 cm³/mol. The molecule has 0 aromatic heterocycles. The molecule has 6 heteroatoms. The van der Waals surface area contributed by atoms with E-state index in [-0.39, 0.29) is 16.3 Å². The number of carbonyl (C=O) groups is 2. The quantitative estimate of drug-likeness (QED) is 0.834. The number of hydrogen-bond acceptors (Lipinski definition) is 3. The number of carbonyl (C=O) groups excluding carboxylic acids is 2. The van der Waals surface area contributed by atoms with Gasteiger partial charge in [-0.1, -0.05) is 35.0 Å². The Bertz CT molecular complexity index is 548. The largest absolute Gasteiger partial charge is 0.311 e. The van der Waals surface area contributed by atoms with Gasteiger partial charge in [-0.2, -0.15) is 0 Å². The maximum absolute atomic E-state index is 12.0. The summed E-state index contributed by atoms with van der Waals surface area (Å²) in [5.74, 6) is 0.0141. The lowest BCUT2D eigenvalue weighted by atomic mass is 10.2. The molecule has 1 atom stereocenters. The third kappa shape index (κ3) is 3.25.